The van der Waals surface area contributed by atoms with Crippen LogP contribution >= 0.6 is 0 Å². The van der Waals surface area contributed by atoms with E-state index < -0.39 is 83.0 Å². The zero-order chi connectivity index (χ0) is 29.8. The number of ketones is 1. The fourth-order valence-corrected chi connectivity index (χ4v) is 9.06. The summed E-state index contributed by atoms with van der Waals surface area (Å²) in [6.07, 6.45) is -2.02. The molecule has 0 amide bonds. The highest BCUT2D eigenvalue weighted by molar-refractivity contribution is 6.01. The molecule has 0 aromatic carbocycles. The molecule has 4 saturated carbocycles. The third-order valence-corrected chi connectivity index (χ3v) is 12.0. The van der Waals surface area contributed by atoms with Gasteiger partial charge in [0.1, 0.15) is 12.3 Å². The zero-order valence-corrected chi connectivity index (χ0v) is 24.1. The number of esters is 1. The van der Waals surface area contributed by atoms with Gasteiger partial charge in [0, 0.05) is 33.5 Å². The molecule has 0 heterocycles. The van der Waals surface area contributed by atoms with Crippen molar-refractivity contribution in [3.63, 3.8) is 0 Å². The standard InChI is InChI=1S/C30H39F3O7/c1-15-10-17-18-12-20(32)19-11-16(34)8-9-27(19,6)29(18,33)21(35)13-28(17,7)30(15,23(36)38-14-31)40-24(37)39-22-25(2,3)26(22,4)5/h8-9,11,15,17-18,20-22,35H,10,12-14H2,1-7H3/t15-,17+,18+,20+,21+,27+,28+,29?,30-/m1/s1. The lowest BCUT2D eigenvalue weighted by Gasteiger charge is -2.62. The molecule has 7 nitrogen and oxygen atoms in total. The molecule has 0 radical (unpaired) electrons. The average Bonchev–Trinajstić information content (AvgIpc) is 3.11. The molecule has 5 aliphatic carbocycles. The van der Waals surface area contributed by atoms with Crippen molar-refractivity contribution in [2.75, 3.05) is 6.86 Å². The van der Waals surface area contributed by atoms with Crippen LogP contribution in [0.5, 0.6) is 0 Å². The van der Waals surface area contributed by atoms with Crippen molar-refractivity contribution in [2.45, 2.75) is 97.4 Å². The number of rotatable bonds is 4. The van der Waals surface area contributed by atoms with Gasteiger partial charge in [-0.2, -0.15) is 0 Å². The van der Waals surface area contributed by atoms with Crippen molar-refractivity contribution < 1.29 is 46.9 Å². The quantitative estimate of drug-likeness (QED) is 0.457. The molecule has 0 spiro atoms. The van der Waals surface area contributed by atoms with E-state index in [-0.39, 0.29) is 35.7 Å². The molecule has 4 fully saturated rings. The maximum absolute atomic E-state index is 17.5. The Kier molecular flexibility index (Phi) is 6.25. The molecule has 0 aromatic rings. The van der Waals surface area contributed by atoms with Gasteiger partial charge in [-0.3, -0.25) is 4.79 Å². The van der Waals surface area contributed by atoms with E-state index in [1.807, 2.05) is 27.7 Å². The van der Waals surface area contributed by atoms with Crippen molar-refractivity contribution in [1.29, 1.82) is 0 Å². The lowest BCUT2D eigenvalue weighted by atomic mass is 9.44. The lowest BCUT2D eigenvalue weighted by Crippen LogP contribution is -2.71. The first kappa shape index (κ1) is 29.1. The van der Waals surface area contributed by atoms with Crippen LogP contribution in [-0.4, -0.2) is 59.5 Å². The number of fused-ring (bicyclic) bond motifs is 5. The van der Waals surface area contributed by atoms with E-state index >= 15 is 8.78 Å². The summed E-state index contributed by atoms with van der Waals surface area (Å²) in [6, 6.07) is 0. The highest BCUT2D eigenvalue weighted by atomic mass is 19.1. The molecule has 0 aromatic heterocycles. The van der Waals surface area contributed by atoms with Crippen LogP contribution in [0.3, 0.4) is 0 Å². The van der Waals surface area contributed by atoms with Gasteiger partial charge >= 0.3 is 12.1 Å². The van der Waals surface area contributed by atoms with Crippen molar-refractivity contribution in [3.8, 4) is 0 Å². The number of carbonyl (C=O) groups is 3. The number of alkyl halides is 3. The summed E-state index contributed by atoms with van der Waals surface area (Å²) < 4.78 is 62.9. The molecule has 10 heteroatoms. The molecule has 9 atom stereocenters. The Bertz CT molecular complexity index is 1200. The van der Waals surface area contributed by atoms with Gasteiger partial charge in [0.15, 0.2) is 11.5 Å². The first-order valence-electron chi connectivity index (χ1n) is 14.0. The smallest absolute Gasteiger partial charge is 0.431 e. The van der Waals surface area contributed by atoms with Crippen LogP contribution < -0.4 is 0 Å². The Labute approximate surface area is 232 Å². The van der Waals surface area contributed by atoms with E-state index in [0.29, 0.717) is 0 Å². The minimum Gasteiger partial charge on any atom is -0.431 e. The molecule has 40 heavy (non-hydrogen) atoms. The monoisotopic (exact) mass is 568 g/mol. The summed E-state index contributed by atoms with van der Waals surface area (Å²) in [5.41, 5.74) is -8.29. The van der Waals surface area contributed by atoms with E-state index in [1.54, 1.807) is 13.8 Å². The van der Waals surface area contributed by atoms with Crippen molar-refractivity contribution in [3.05, 3.63) is 23.8 Å². The average molecular weight is 569 g/mol. The lowest BCUT2D eigenvalue weighted by molar-refractivity contribution is -0.235. The van der Waals surface area contributed by atoms with Gasteiger partial charge in [-0.05, 0) is 49.8 Å². The Balaban J connectivity index is 1.56. The van der Waals surface area contributed by atoms with Gasteiger partial charge in [-0.15, -0.1) is 0 Å². The number of carbonyl (C=O) groups excluding carboxylic acids is 3. The first-order valence-corrected chi connectivity index (χ1v) is 14.0. The molecule has 1 unspecified atom stereocenters. The summed E-state index contributed by atoms with van der Waals surface area (Å²) in [7, 11) is 0. The molecule has 222 valence electrons. The van der Waals surface area contributed by atoms with Gasteiger partial charge in [0.2, 0.25) is 12.5 Å². The summed E-state index contributed by atoms with van der Waals surface area (Å²) in [5.74, 6) is -4.27. The fourth-order valence-electron chi connectivity index (χ4n) is 9.06. The van der Waals surface area contributed by atoms with E-state index in [1.165, 1.54) is 19.1 Å². The summed E-state index contributed by atoms with van der Waals surface area (Å²) >= 11 is 0. The molecule has 1 N–H and O–H groups in total. The topological polar surface area (TPSA) is 99.1 Å². The van der Waals surface area contributed by atoms with Gasteiger partial charge in [-0.1, -0.05) is 47.6 Å². The molecule has 5 aliphatic rings. The van der Waals surface area contributed by atoms with Crippen LogP contribution in [0.25, 0.3) is 0 Å². The Morgan fingerprint density at radius 1 is 1.07 bits per heavy atom. The first-order chi connectivity index (χ1) is 18.4. The minimum atomic E-state index is -2.38. The van der Waals surface area contributed by atoms with E-state index in [4.69, 9.17) is 14.2 Å². The van der Waals surface area contributed by atoms with Crippen LogP contribution in [0.2, 0.25) is 0 Å². The Hall–Kier alpha value is -2.36. The molecule has 0 bridgehead atoms. The number of hydrogen-bond donors (Lipinski definition) is 1. The number of hydrogen-bond acceptors (Lipinski definition) is 7. The third kappa shape index (κ3) is 3.31. The SMILES string of the molecule is C[C@@H]1C[C@H]2[C@@H]3C[C@H](F)C4=CC(=O)C=C[C@]4(C)C3(F)[C@@H](O)C[C@]2(C)[C@]1(OC(=O)OC1C(C)(C)C1(C)C)C(=O)OCF. The number of allylic oxidation sites excluding steroid dienone is 4. The highest BCUT2D eigenvalue weighted by Gasteiger charge is 2.79. The van der Waals surface area contributed by atoms with Gasteiger partial charge < -0.3 is 19.3 Å². The van der Waals surface area contributed by atoms with E-state index in [2.05, 4.69) is 0 Å². The predicted molar refractivity (Wildman–Crippen MR) is 137 cm³/mol. The van der Waals surface area contributed by atoms with Crippen molar-refractivity contribution in [2.24, 2.45) is 39.4 Å². The van der Waals surface area contributed by atoms with Crippen molar-refractivity contribution >= 4 is 17.9 Å². The molecule has 0 saturated heterocycles. The second-order valence-electron chi connectivity index (χ2n) is 14.1. The summed E-state index contributed by atoms with van der Waals surface area (Å²) in [6.45, 7) is 10.9. The van der Waals surface area contributed by atoms with Crippen LogP contribution in [0.15, 0.2) is 23.8 Å². The number of halogens is 3. The normalized spacial score (nSPS) is 46.4. The van der Waals surface area contributed by atoms with Crippen LogP contribution in [0.1, 0.15) is 67.7 Å². The van der Waals surface area contributed by atoms with Crippen molar-refractivity contribution in [1.82, 2.24) is 0 Å². The maximum Gasteiger partial charge on any atom is 0.509 e. The molecular weight excluding hydrogens is 529 g/mol. The molecular formula is C30H39F3O7. The van der Waals surface area contributed by atoms with Gasteiger partial charge in [-0.25, -0.2) is 22.8 Å². The Morgan fingerprint density at radius 2 is 1.70 bits per heavy atom. The Morgan fingerprint density at radius 3 is 2.27 bits per heavy atom. The zero-order valence-electron chi connectivity index (χ0n) is 24.1. The largest absolute Gasteiger partial charge is 0.509 e. The summed E-state index contributed by atoms with van der Waals surface area (Å²) in [4.78, 5) is 38.9. The fraction of sp³-hybridized carbons (Fsp3) is 0.767. The van der Waals surface area contributed by atoms with Crippen LogP contribution in [-0.2, 0) is 23.8 Å². The number of aliphatic hydroxyl groups is 1. The summed E-state index contributed by atoms with van der Waals surface area (Å²) in [5, 5.41) is 11.5. The second kappa shape index (κ2) is 8.58. The molecule has 5 rings (SSSR count). The van der Waals surface area contributed by atoms with Crippen LogP contribution in [0.4, 0.5) is 18.0 Å². The maximum atomic E-state index is 17.5. The molecule has 0 aliphatic heterocycles. The van der Waals surface area contributed by atoms with Crippen LogP contribution in [0, 0.1) is 39.4 Å². The third-order valence-electron chi connectivity index (χ3n) is 12.0. The van der Waals surface area contributed by atoms with Gasteiger partial charge in [0.05, 0.1) is 6.10 Å². The van der Waals surface area contributed by atoms with E-state index in [0.717, 1.165) is 6.08 Å². The second-order valence-corrected chi connectivity index (χ2v) is 14.1. The van der Waals surface area contributed by atoms with E-state index in [9.17, 15) is 23.9 Å². The number of aliphatic hydroxyl groups excluding tert-OH is 1. The predicted octanol–water partition coefficient (Wildman–Crippen LogP) is 5.35. The highest BCUT2D eigenvalue weighted by Crippen LogP contribution is 2.72. The minimum absolute atomic E-state index is 0.0231. The van der Waals surface area contributed by atoms with Gasteiger partial charge in [0.25, 0.3) is 0 Å². The number of ether oxygens (including phenoxy) is 3.